The topological polar surface area (TPSA) is 38.3 Å². The average molecular weight is 327 g/mol. The Labute approximate surface area is 142 Å². The molecule has 1 amide bonds. The van der Waals surface area contributed by atoms with Crippen LogP contribution < -0.4 is 10.1 Å². The summed E-state index contributed by atoms with van der Waals surface area (Å²) in [6.07, 6.45) is 4.23. The Balaban J connectivity index is 1.97. The molecule has 0 aliphatic heterocycles. The van der Waals surface area contributed by atoms with Crippen molar-refractivity contribution in [2.24, 2.45) is 0 Å². The number of hydrogen-bond acceptors (Lipinski definition) is 2. The number of hydrogen-bond donors (Lipinski definition) is 1. The van der Waals surface area contributed by atoms with E-state index in [1.165, 1.54) is 24.8 Å². The molecule has 126 valence electrons. The number of nitrogens with one attached hydrogen (secondary N) is 1. The fourth-order valence-electron chi connectivity index (χ4n) is 2.33. The molecule has 0 saturated heterocycles. The SMILES string of the molecule is CCc1ccc(/C=C/C(=O)N[C@H](C)c2ccc(OC)c(F)c2)cc1. The van der Waals surface area contributed by atoms with E-state index in [9.17, 15) is 9.18 Å². The average Bonchev–Trinajstić information content (AvgIpc) is 2.60. The number of amides is 1. The van der Waals surface area contributed by atoms with E-state index in [2.05, 4.69) is 12.2 Å². The molecule has 1 atom stereocenters. The summed E-state index contributed by atoms with van der Waals surface area (Å²) in [6, 6.07) is 12.4. The second kappa shape index (κ2) is 8.29. The molecule has 1 N–H and O–H groups in total. The van der Waals surface area contributed by atoms with Crippen LogP contribution in [0, 0.1) is 5.82 Å². The minimum absolute atomic E-state index is 0.188. The molecule has 24 heavy (non-hydrogen) atoms. The van der Waals surface area contributed by atoms with Crippen LogP contribution in [0.15, 0.2) is 48.5 Å². The summed E-state index contributed by atoms with van der Waals surface area (Å²) < 4.78 is 18.6. The number of halogens is 1. The number of methoxy groups -OCH3 is 1. The highest BCUT2D eigenvalue weighted by Gasteiger charge is 2.11. The fourth-order valence-corrected chi connectivity index (χ4v) is 2.33. The highest BCUT2D eigenvalue weighted by molar-refractivity contribution is 5.91. The Kier molecular flexibility index (Phi) is 6.13. The Morgan fingerprint density at radius 1 is 1.25 bits per heavy atom. The number of rotatable bonds is 6. The third-order valence-corrected chi connectivity index (χ3v) is 3.85. The first kappa shape index (κ1) is 17.7. The Morgan fingerprint density at radius 3 is 2.54 bits per heavy atom. The highest BCUT2D eigenvalue weighted by Crippen LogP contribution is 2.21. The second-order valence-electron chi connectivity index (χ2n) is 5.55. The Bertz CT molecular complexity index is 723. The van der Waals surface area contributed by atoms with Crippen LogP contribution >= 0.6 is 0 Å². The molecule has 2 aromatic carbocycles. The van der Waals surface area contributed by atoms with Crippen LogP contribution in [-0.4, -0.2) is 13.0 Å². The van der Waals surface area contributed by atoms with Crippen molar-refractivity contribution in [2.45, 2.75) is 26.3 Å². The van der Waals surface area contributed by atoms with Gasteiger partial charge in [-0.15, -0.1) is 0 Å². The van der Waals surface area contributed by atoms with Gasteiger partial charge in [-0.1, -0.05) is 37.3 Å². The maximum atomic E-state index is 13.7. The summed E-state index contributed by atoms with van der Waals surface area (Å²) >= 11 is 0. The van der Waals surface area contributed by atoms with Crippen LogP contribution in [0.5, 0.6) is 5.75 Å². The summed E-state index contributed by atoms with van der Waals surface area (Å²) in [6.45, 7) is 3.91. The van der Waals surface area contributed by atoms with E-state index < -0.39 is 5.82 Å². The molecule has 4 heteroatoms. The minimum atomic E-state index is -0.442. The maximum Gasteiger partial charge on any atom is 0.244 e. The molecule has 0 spiro atoms. The van der Waals surface area contributed by atoms with Crippen LogP contribution in [0.3, 0.4) is 0 Å². The molecule has 0 fully saturated rings. The van der Waals surface area contributed by atoms with Gasteiger partial charge < -0.3 is 10.1 Å². The van der Waals surface area contributed by atoms with E-state index in [1.54, 1.807) is 18.2 Å². The van der Waals surface area contributed by atoms with Crippen molar-refractivity contribution < 1.29 is 13.9 Å². The molecule has 0 aromatic heterocycles. The van der Waals surface area contributed by atoms with Crippen LogP contribution in [0.4, 0.5) is 4.39 Å². The first-order valence-electron chi connectivity index (χ1n) is 7.94. The largest absolute Gasteiger partial charge is 0.494 e. The molecular formula is C20H22FNO2. The van der Waals surface area contributed by atoms with Gasteiger partial charge in [0.25, 0.3) is 0 Å². The van der Waals surface area contributed by atoms with Crippen molar-refractivity contribution in [3.05, 3.63) is 71.0 Å². The standard InChI is InChI=1S/C20H22FNO2/c1-4-15-5-7-16(8-6-15)9-12-20(23)22-14(2)17-10-11-19(24-3)18(21)13-17/h5-14H,4H2,1-3H3,(H,22,23)/b12-9+/t14-/m1/s1. The normalized spacial score (nSPS) is 12.2. The molecule has 0 unspecified atom stereocenters. The predicted octanol–water partition coefficient (Wildman–Crippen LogP) is 4.29. The lowest BCUT2D eigenvalue weighted by Crippen LogP contribution is -2.24. The molecule has 3 nitrogen and oxygen atoms in total. The first-order chi connectivity index (χ1) is 11.5. The van der Waals surface area contributed by atoms with E-state index in [1.807, 2.05) is 31.2 Å². The zero-order valence-electron chi connectivity index (χ0n) is 14.2. The Hall–Kier alpha value is -2.62. The van der Waals surface area contributed by atoms with Gasteiger partial charge in [-0.05, 0) is 48.2 Å². The predicted molar refractivity (Wildman–Crippen MR) is 94.4 cm³/mol. The zero-order chi connectivity index (χ0) is 17.5. The van der Waals surface area contributed by atoms with Gasteiger partial charge >= 0.3 is 0 Å². The number of carbonyl (C=O) groups is 1. The first-order valence-corrected chi connectivity index (χ1v) is 7.94. The van der Waals surface area contributed by atoms with E-state index in [0.717, 1.165) is 12.0 Å². The molecule has 0 bridgehead atoms. The van der Waals surface area contributed by atoms with Gasteiger partial charge in [0, 0.05) is 6.08 Å². The van der Waals surface area contributed by atoms with Crippen molar-refractivity contribution in [2.75, 3.05) is 7.11 Å². The van der Waals surface area contributed by atoms with E-state index >= 15 is 0 Å². The maximum absolute atomic E-state index is 13.7. The smallest absolute Gasteiger partial charge is 0.244 e. The summed E-state index contributed by atoms with van der Waals surface area (Å²) in [5, 5.41) is 2.82. The highest BCUT2D eigenvalue weighted by atomic mass is 19.1. The van der Waals surface area contributed by atoms with Crippen molar-refractivity contribution >= 4 is 12.0 Å². The second-order valence-corrected chi connectivity index (χ2v) is 5.55. The summed E-state index contributed by atoms with van der Waals surface area (Å²) in [5.41, 5.74) is 2.90. The van der Waals surface area contributed by atoms with E-state index in [4.69, 9.17) is 4.74 Å². The summed E-state index contributed by atoms with van der Waals surface area (Å²) in [5.74, 6) is -0.478. The van der Waals surface area contributed by atoms with E-state index in [-0.39, 0.29) is 17.7 Å². The number of ether oxygens (including phenoxy) is 1. The van der Waals surface area contributed by atoms with Gasteiger partial charge in [0.05, 0.1) is 13.2 Å². The number of benzene rings is 2. The van der Waals surface area contributed by atoms with Crippen LogP contribution in [0.2, 0.25) is 0 Å². The third kappa shape index (κ3) is 4.69. The zero-order valence-corrected chi connectivity index (χ0v) is 14.2. The Morgan fingerprint density at radius 2 is 1.96 bits per heavy atom. The van der Waals surface area contributed by atoms with Gasteiger partial charge in [0.15, 0.2) is 11.6 Å². The molecule has 0 aliphatic rings. The van der Waals surface area contributed by atoms with Crippen LogP contribution in [-0.2, 0) is 11.2 Å². The van der Waals surface area contributed by atoms with Gasteiger partial charge in [0.1, 0.15) is 0 Å². The van der Waals surface area contributed by atoms with Crippen molar-refractivity contribution in [3.63, 3.8) is 0 Å². The lowest BCUT2D eigenvalue weighted by molar-refractivity contribution is -0.117. The van der Waals surface area contributed by atoms with Gasteiger partial charge in [-0.25, -0.2) is 4.39 Å². The third-order valence-electron chi connectivity index (χ3n) is 3.85. The molecule has 2 aromatic rings. The van der Waals surface area contributed by atoms with E-state index in [0.29, 0.717) is 5.56 Å². The molecule has 0 radical (unpaired) electrons. The van der Waals surface area contributed by atoms with Crippen molar-refractivity contribution in [1.82, 2.24) is 5.32 Å². The quantitative estimate of drug-likeness (QED) is 0.804. The van der Waals surface area contributed by atoms with Gasteiger partial charge in [0.2, 0.25) is 5.91 Å². The van der Waals surface area contributed by atoms with Gasteiger partial charge in [-0.3, -0.25) is 4.79 Å². The lowest BCUT2D eigenvalue weighted by atomic mass is 10.1. The van der Waals surface area contributed by atoms with Gasteiger partial charge in [-0.2, -0.15) is 0 Å². The van der Waals surface area contributed by atoms with Crippen LogP contribution in [0.25, 0.3) is 6.08 Å². The van der Waals surface area contributed by atoms with Crippen LogP contribution in [0.1, 0.15) is 36.6 Å². The molecule has 0 saturated carbocycles. The number of aryl methyl sites for hydroxylation is 1. The molecule has 2 rings (SSSR count). The van der Waals surface area contributed by atoms with Crippen molar-refractivity contribution in [3.8, 4) is 5.75 Å². The molecule has 0 heterocycles. The minimum Gasteiger partial charge on any atom is -0.494 e. The monoisotopic (exact) mass is 327 g/mol. The summed E-state index contributed by atoms with van der Waals surface area (Å²) in [7, 11) is 1.42. The fraction of sp³-hybridized carbons (Fsp3) is 0.250. The summed E-state index contributed by atoms with van der Waals surface area (Å²) in [4.78, 5) is 12.0. The van der Waals surface area contributed by atoms with Crippen molar-refractivity contribution in [1.29, 1.82) is 0 Å². The molecular weight excluding hydrogens is 305 g/mol. The molecule has 0 aliphatic carbocycles. The number of carbonyl (C=O) groups excluding carboxylic acids is 1. The lowest BCUT2D eigenvalue weighted by Gasteiger charge is -2.14.